The first-order valence-corrected chi connectivity index (χ1v) is 17.9. The van der Waals surface area contributed by atoms with Gasteiger partial charge in [-0.25, -0.2) is 4.98 Å². The molecular weight excluding hydrogens is 661 g/mol. The number of rotatable bonds is 5. The highest BCUT2D eigenvalue weighted by atomic mass is 32.1. The monoisotopic (exact) mass is 686 g/mol. The van der Waals surface area contributed by atoms with E-state index < -0.39 is 0 Å². The summed E-state index contributed by atoms with van der Waals surface area (Å²) in [5.74, 6) is 1.65. The second-order valence-corrected chi connectivity index (χ2v) is 13.9. The molecule has 244 valence electrons. The molecule has 0 aliphatic rings. The Labute approximate surface area is 300 Å². The van der Waals surface area contributed by atoms with E-state index in [2.05, 4.69) is 83.8 Å². The third-order valence-electron chi connectivity index (χ3n) is 9.73. The molecule has 0 saturated heterocycles. The fraction of sp³-hybridized carbons (Fsp3) is 0. The maximum atomic E-state index is 6.35. The van der Waals surface area contributed by atoms with Gasteiger partial charge in [0.2, 0.25) is 5.95 Å². The molecule has 0 bridgehead atoms. The summed E-state index contributed by atoms with van der Waals surface area (Å²) in [6.07, 6.45) is 0. The van der Waals surface area contributed by atoms with Gasteiger partial charge in [0.15, 0.2) is 11.6 Å². The zero-order valence-corrected chi connectivity index (χ0v) is 28.3. The van der Waals surface area contributed by atoms with Crippen molar-refractivity contribution in [2.75, 3.05) is 4.90 Å². The average molecular weight is 687 g/mol. The molecule has 0 spiro atoms. The Morgan fingerprint density at radius 3 is 1.88 bits per heavy atom. The van der Waals surface area contributed by atoms with E-state index >= 15 is 0 Å². The molecule has 4 heterocycles. The predicted octanol–water partition coefficient (Wildman–Crippen LogP) is 12.8. The lowest BCUT2D eigenvalue weighted by molar-refractivity contribution is 0.668. The van der Waals surface area contributed by atoms with Gasteiger partial charge in [-0.1, -0.05) is 91.0 Å². The van der Waals surface area contributed by atoms with Crippen molar-refractivity contribution in [3.8, 4) is 22.8 Å². The summed E-state index contributed by atoms with van der Waals surface area (Å²) in [5, 5.41) is 6.55. The van der Waals surface area contributed by atoms with Gasteiger partial charge >= 0.3 is 0 Å². The van der Waals surface area contributed by atoms with Crippen molar-refractivity contribution in [2.45, 2.75) is 0 Å². The lowest BCUT2D eigenvalue weighted by Gasteiger charge is -2.24. The van der Waals surface area contributed by atoms with Crippen molar-refractivity contribution >= 4 is 92.7 Å². The number of benzene rings is 7. The Morgan fingerprint density at radius 1 is 0.423 bits per heavy atom. The topological polar surface area (TPSA) is 68.2 Å². The highest BCUT2D eigenvalue weighted by molar-refractivity contribution is 7.25. The van der Waals surface area contributed by atoms with Crippen LogP contribution in [0, 0.1) is 0 Å². The summed E-state index contributed by atoms with van der Waals surface area (Å²) in [7, 11) is 0. The third-order valence-corrected chi connectivity index (χ3v) is 10.9. The van der Waals surface area contributed by atoms with Gasteiger partial charge in [0.05, 0.1) is 11.1 Å². The predicted molar refractivity (Wildman–Crippen MR) is 213 cm³/mol. The smallest absolute Gasteiger partial charge is 0.238 e. The van der Waals surface area contributed by atoms with Crippen molar-refractivity contribution in [3.63, 3.8) is 0 Å². The lowest BCUT2D eigenvalue weighted by atomic mass is 10.1. The van der Waals surface area contributed by atoms with Gasteiger partial charge in [0.25, 0.3) is 0 Å². The molecular formula is C45H26N4O2S. The van der Waals surface area contributed by atoms with E-state index in [1.54, 1.807) is 11.3 Å². The normalized spacial score (nSPS) is 11.8. The Morgan fingerprint density at radius 2 is 1.04 bits per heavy atom. The van der Waals surface area contributed by atoms with Crippen molar-refractivity contribution in [1.82, 2.24) is 15.0 Å². The molecule has 0 radical (unpaired) electrons. The van der Waals surface area contributed by atoms with Gasteiger partial charge in [-0.3, -0.25) is 4.90 Å². The van der Waals surface area contributed by atoms with Crippen LogP contribution in [-0.4, -0.2) is 15.0 Å². The molecule has 52 heavy (non-hydrogen) atoms. The Balaban J connectivity index is 1.19. The number of hydrogen-bond acceptors (Lipinski definition) is 7. The zero-order valence-electron chi connectivity index (χ0n) is 27.5. The Bertz CT molecular complexity index is 3160. The summed E-state index contributed by atoms with van der Waals surface area (Å²) >= 11 is 1.78. The van der Waals surface area contributed by atoms with Crippen LogP contribution in [0.3, 0.4) is 0 Å². The number of anilines is 3. The molecule has 7 aromatic carbocycles. The summed E-state index contributed by atoms with van der Waals surface area (Å²) < 4.78 is 15.0. The van der Waals surface area contributed by atoms with E-state index in [-0.39, 0.29) is 0 Å². The first kappa shape index (κ1) is 29.0. The van der Waals surface area contributed by atoms with Crippen molar-refractivity contribution in [2.24, 2.45) is 0 Å². The van der Waals surface area contributed by atoms with Gasteiger partial charge in [0.1, 0.15) is 22.3 Å². The van der Waals surface area contributed by atoms with E-state index in [0.717, 1.165) is 66.4 Å². The number of nitrogens with zero attached hydrogens (tertiary/aromatic N) is 4. The van der Waals surface area contributed by atoms with E-state index in [0.29, 0.717) is 17.6 Å². The van der Waals surface area contributed by atoms with Crippen molar-refractivity contribution in [3.05, 3.63) is 158 Å². The van der Waals surface area contributed by atoms with Crippen LogP contribution in [0.4, 0.5) is 17.3 Å². The minimum absolute atomic E-state index is 0.498. The van der Waals surface area contributed by atoms with Crippen LogP contribution in [-0.2, 0) is 0 Å². The van der Waals surface area contributed by atoms with Gasteiger partial charge in [-0.15, -0.1) is 11.3 Å². The van der Waals surface area contributed by atoms with Crippen LogP contribution in [0.5, 0.6) is 0 Å². The van der Waals surface area contributed by atoms with Crippen LogP contribution in [0.1, 0.15) is 0 Å². The van der Waals surface area contributed by atoms with Crippen LogP contribution in [0.25, 0.3) is 86.8 Å². The minimum atomic E-state index is 0.498. The molecule has 7 heteroatoms. The average Bonchev–Trinajstić information content (AvgIpc) is 3.89. The SMILES string of the molecule is c1ccc(N(c2nc(-c3ccc4c(c3)sc3ccccc34)nc(-c3ccc4oc5ccccc5c4c3)n2)c2cccc3oc4ccccc4c23)cc1. The summed E-state index contributed by atoms with van der Waals surface area (Å²) in [6.45, 7) is 0. The first-order valence-electron chi connectivity index (χ1n) is 17.1. The number of thiophene rings is 1. The third kappa shape index (κ3) is 4.53. The molecule has 0 amide bonds. The second-order valence-electron chi connectivity index (χ2n) is 12.8. The standard InChI is InChI=1S/C45H26N4O2S/c1-2-11-29(12-3-1)49(35-16-10-19-39-42(35)33-15-5-8-18-37(33)51-39)45-47-43(27-22-24-38-34(25-27)30-13-4-7-17-36(30)50-38)46-44(48-45)28-21-23-32-31-14-6-9-20-40(31)52-41(32)26-28/h1-26H. The number of para-hydroxylation sites is 3. The zero-order chi connectivity index (χ0) is 34.2. The quantitative estimate of drug-likeness (QED) is 0.179. The summed E-state index contributed by atoms with van der Waals surface area (Å²) in [4.78, 5) is 17.8. The molecule has 0 fully saturated rings. The van der Waals surface area contributed by atoms with Crippen molar-refractivity contribution in [1.29, 1.82) is 0 Å². The van der Waals surface area contributed by atoms with E-state index in [4.69, 9.17) is 23.8 Å². The van der Waals surface area contributed by atoms with Gasteiger partial charge < -0.3 is 8.83 Å². The van der Waals surface area contributed by atoms with Gasteiger partial charge in [0, 0.05) is 53.1 Å². The van der Waals surface area contributed by atoms with Crippen LogP contribution >= 0.6 is 11.3 Å². The van der Waals surface area contributed by atoms with Crippen LogP contribution in [0.2, 0.25) is 0 Å². The summed E-state index contributed by atoms with van der Waals surface area (Å²) in [5.41, 5.74) is 6.89. The Kier molecular flexibility index (Phi) is 6.32. The molecule has 11 aromatic rings. The highest BCUT2D eigenvalue weighted by Gasteiger charge is 2.24. The number of furan rings is 2. The molecule has 0 unspecified atom stereocenters. The largest absolute Gasteiger partial charge is 0.456 e. The van der Waals surface area contributed by atoms with Gasteiger partial charge in [-0.2, -0.15) is 9.97 Å². The van der Waals surface area contributed by atoms with E-state index in [9.17, 15) is 0 Å². The number of fused-ring (bicyclic) bond motifs is 9. The second kappa shape index (κ2) is 11.3. The summed E-state index contributed by atoms with van der Waals surface area (Å²) in [6, 6.07) is 53.8. The number of aromatic nitrogens is 3. The van der Waals surface area contributed by atoms with Gasteiger partial charge in [-0.05, 0) is 66.7 Å². The molecule has 11 rings (SSSR count). The van der Waals surface area contributed by atoms with E-state index in [1.807, 2.05) is 78.9 Å². The molecule has 0 saturated carbocycles. The fourth-order valence-corrected chi connectivity index (χ4v) is 8.48. The molecule has 0 N–H and O–H groups in total. The Hall–Kier alpha value is -6.83. The minimum Gasteiger partial charge on any atom is -0.456 e. The lowest BCUT2D eigenvalue weighted by Crippen LogP contribution is -2.15. The van der Waals surface area contributed by atoms with Crippen LogP contribution in [0.15, 0.2) is 167 Å². The fourth-order valence-electron chi connectivity index (χ4n) is 7.33. The molecule has 6 nitrogen and oxygen atoms in total. The highest BCUT2D eigenvalue weighted by Crippen LogP contribution is 2.43. The molecule has 0 aliphatic carbocycles. The molecule has 4 aromatic heterocycles. The molecule has 0 aliphatic heterocycles. The van der Waals surface area contributed by atoms with Crippen molar-refractivity contribution < 1.29 is 8.83 Å². The maximum Gasteiger partial charge on any atom is 0.238 e. The number of hydrogen-bond donors (Lipinski definition) is 0. The maximum absolute atomic E-state index is 6.35. The molecule has 0 atom stereocenters. The first-order chi connectivity index (χ1) is 25.7. The van der Waals surface area contributed by atoms with E-state index in [1.165, 1.54) is 20.2 Å². The van der Waals surface area contributed by atoms with Crippen LogP contribution < -0.4 is 4.90 Å².